The largest absolute Gasteiger partial charge is 0.457 e. The van der Waals surface area contributed by atoms with Crippen molar-refractivity contribution < 1.29 is 13.9 Å². The minimum Gasteiger partial charge on any atom is -0.457 e. The average molecular weight is 405 g/mol. The van der Waals surface area contributed by atoms with E-state index >= 15 is 0 Å². The fourth-order valence-corrected chi connectivity index (χ4v) is 3.65. The van der Waals surface area contributed by atoms with Crippen LogP contribution in [0.3, 0.4) is 0 Å². The molecule has 1 aliphatic heterocycles. The number of rotatable bonds is 7. The van der Waals surface area contributed by atoms with E-state index in [0.29, 0.717) is 18.0 Å². The molecule has 30 heavy (non-hydrogen) atoms. The first kappa shape index (κ1) is 20.0. The molecule has 5 nitrogen and oxygen atoms in total. The molecule has 1 aliphatic rings. The van der Waals surface area contributed by atoms with E-state index in [1.54, 1.807) is 18.3 Å². The van der Waals surface area contributed by atoms with Gasteiger partial charge in [0.25, 0.3) is 0 Å². The average Bonchev–Trinajstić information content (AvgIpc) is 3.22. The van der Waals surface area contributed by atoms with E-state index in [0.717, 1.165) is 37.3 Å². The molecule has 1 unspecified atom stereocenters. The lowest BCUT2D eigenvalue weighted by Crippen LogP contribution is -2.32. The number of hydrogen-bond donors (Lipinski definition) is 1. The standard InChI is InChI=1S/C24H24FN3O2/c25-20-6-4-9-23(14-20)30-22-8-3-5-18(13-22)16-28-12-10-19(17-28)24(29)27-15-21-7-1-2-11-26-21/h1-9,11,13-14,19H,10,12,15-17H2,(H,27,29). The third-order valence-corrected chi connectivity index (χ3v) is 5.15. The fraction of sp³-hybridized carbons (Fsp3) is 0.250. The summed E-state index contributed by atoms with van der Waals surface area (Å²) < 4.78 is 19.1. The molecule has 2 aromatic carbocycles. The molecule has 1 aromatic heterocycles. The van der Waals surface area contributed by atoms with E-state index in [9.17, 15) is 9.18 Å². The van der Waals surface area contributed by atoms with Gasteiger partial charge in [0, 0.05) is 25.4 Å². The lowest BCUT2D eigenvalue weighted by Gasteiger charge is -2.17. The van der Waals surface area contributed by atoms with Crippen molar-refractivity contribution >= 4 is 5.91 Å². The van der Waals surface area contributed by atoms with Crippen LogP contribution in [0.5, 0.6) is 11.5 Å². The highest BCUT2D eigenvalue weighted by molar-refractivity contribution is 5.79. The quantitative estimate of drug-likeness (QED) is 0.642. The van der Waals surface area contributed by atoms with E-state index in [1.165, 1.54) is 12.1 Å². The number of aromatic nitrogens is 1. The summed E-state index contributed by atoms with van der Waals surface area (Å²) in [6.07, 6.45) is 2.57. The van der Waals surface area contributed by atoms with Crippen LogP contribution in [-0.2, 0) is 17.9 Å². The summed E-state index contributed by atoms with van der Waals surface area (Å²) in [7, 11) is 0. The van der Waals surface area contributed by atoms with Crippen LogP contribution in [0.1, 0.15) is 17.7 Å². The van der Waals surface area contributed by atoms with Gasteiger partial charge in [-0.1, -0.05) is 24.3 Å². The minimum absolute atomic E-state index is 0.0135. The van der Waals surface area contributed by atoms with Crippen molar-refractivity contribution in [3.05, 3.63) is 90.0 Å². The Morgan fingerprint density at radius 1 is 1.10 bits per heavy atom. The number of carbonyl (C=O) groups is 1. The molecule has 1 saturated heterocycles. The predicted molar refractivity (Wildman–Crippen MR) is 112 cm³/mol. The van der Waals surface area contributed by atoms with Crippen molar-refractivity contribution in [1.82, 2.24) is 15.2 Å². The Morgan fingerprint density at radius 2 is 1.93 bits per heavy atom. The minimum atomic E-state index is -0.326. The van der Waals surface area contributed by atoms with Crippen LogP contribution in [0.4, 0.5) is 4.39 Å². The zero-order valence-electron chi connectivity index (χ0n) is 16.6. The summed E-state index contributed by atoms with van der Waals surface area (Å²) in [5.41, 5.74) is 1.95. The van der Waals surface area contributed by atoms with Gasteiger partial charge in [-0.25, -0.2) is 4.39 Å². The summed E-state index contributed by atoms with van der Waals surface area (Å²) in [6, 6.07) is 19.6. The van der Waals surface area contributed by atoms with E-state index in [-0.39, 0.29) is 17.6 Å². The van der Waals surface area contributed by atoms with Crippen molar-refractivity contribution in [3.63, 3.8) is 0 Å². The van der Waals surface area contributed by atoms with Crippen LogP contribution in [-0.4, -0.2) is 28.9 Å². The summed E-state index contributed by atoms with van der Waals surface area (Å²) in [5, 5.41) is 2.99. The third kappa shape index (κ3) is 5.42. The van der Waals surface area contributed by atoms with Gasteiger partial charge in [0.05, 0.1) is 18.2 Å². The maximum Gasteiger partial charge on any atom is 0.224 e. The molecule has 0 aliphatic carbocycles. The van der Waals surface area contributed by atoms with E-state index in [4.69, 9.17) is 4.74 Å². The van der Waals surface area contributed by atoms with E-state index < -0.39 is 0 Å². The van der Waals surface area contributed by atoms with Crippen molar-refractivity contribution in [2.75, 3.05) is 13.1 Å². The van der Waals surface area contributed by atoms with Gasteiger partial charge >= 0.3 is 0 Å². The predicted octanol–water partition coefficient (Wildman–Crippen LogP) is 4.15. The van der Waals surface area contributed by atoms with Crippen LogP contribution >= 0.6 is 0 Å². The normalized spacial score (nSPS) is 16.4. The number of carbonyl (C=O) groups excluding carboxylic acids is 1. The second kappa shape index (κ2) is 9.50. The summed E-state index contributed by atoms with van der Waals surface area (Å²) in [4.78, 5) is 19.0. The first-order valence-electron chi connectivity index (χ1n) is 10.1. The Kier molecular flexibility index (Phi) is 6.35. The number of nitrogens with one attached hydrogen (secondary N) is 1. The first-order valence-corrected chi connectivity index (χ1v) is 10.1. The summed E-state index contributed by atoms with van der Waals surface area (Å²) in [6.45, 7) is 2.79. The van der Waals surface area contributed by atoms with E-state index in [1.807, 2.05) is 42.5 Å². The molecule has 3 aromatic rings. The van der Waals surface area contributed by atoms with Gasteiger partial charge in [0.2, 0.25) is 5.91 Å². The molecule has 1 N–H and O–H groups in total. The molecule has 1 atom stereocenters. The Bertz CT molecular complexity index is 997. The number of amides is 1. The van der Waals surface area contributed by atoms with Gasteiger partial charge in [-0.2, -0.15) is 0 Å². The highest BCUT2D eigenvalue weighted by Gasteiger charge is 2.28. The van der Waals surface area contributed by atoms with Gasteiger partial charge in [-0.15, -0.1) is 0 Å². The number of nitrogens with zero attached hydrogens (tertiary/aromatic N) is 2. The van der Waals surface area contributed by atoms with Crippen molar-refractivity contribution in [1.29, 1.82) is 0 Å². The lowest BCUT2D eigenvalue weighted by atomic mass is 10.1. The molecule has 6 heteroatoms. The lowest BCUT2D eigenvalue weighted by molar-refractivity contribution is -0.124. The smallest absolute Gasteiger partial charge is 0.224 e. The second-order valence-electron chi connectivity index (χ2n) is 7.47. The Morgan fingerprint density at radius 3 is 2.73 bits per heavy atom. The SMILES string of the molecule is O=C(NCc1ccccn1)C1CCN(Cc2cccc(Oc3cccc(F)c3)c2)C1. The topological polar surface area (TPSA) is 54.5 Å². The van der Waals surface area contributed by atoms with Gasteiger partial charge in [0.1, 0.15) is 17.3 Å². The maximum absolute atomic E-state index is 13.4. The van der Waals surface area contributed by atoms with Gasteiger partial charge in [-0.3, -0.25) is 14.7 Å². The molecule has 0 spiro atoms. The molecular weight excluding hydrogens is 381 g/mol. The number of halogens is 1. The Hall–Kier alpha value is -3.25. The second-order valence-corrected chi connectivity index (χ2v) is 7.47. The monoisotopic (exact) mass is 405 g/mol. The van der Waals surface area contributed by atoms with Crippen molar-refractivity contribution in [3.8, 4) is 11.5 Å². The molecule has 154 valence electrons. The fourth-order valence-electron chi connectivity index (χ4n) is 3.65. The van der Waals surface area contributed by atoms with Crippen LogP contribution in [0, 0.1) is 11.7 Å². The third-order valence-electron chi connectivity index (χ3n) is 5.15. The zero-order chi connectivity index (χ0) is 20.8. The molecule has 2 heterocycles. The van der Waals surface area contributed by atoms with Crippen LogP contribution in [0.15, 0.2) is 72.9 Å². The number of pyridine rings is 1. The number of hydrogen-bond acceptors (Lipinski definition) is 4. The van der Waals surface area contributed by atoms with Gasteiger partial charge in [0.15, 0.2) is 0 Å². The molecule has 0 saturated carbocycles. The van der Waals surface area contributed by atoms with Crippen molar-refractivity contribution in [2.24, 2.45) is 5.92 Å². The van der Waals surface area contributed by atoms with Gasteiger partial charge in [-0.05, 0) is 54.9 Å². The number of likely N-dealkylation sites (tertiary alicyclic amines) is 1. The van der Waals surface area contributed by atoms with Crippen LogP contribution < -0.4 is 10.1 Å². The molecular formula is C24H24FN3O2. The Labute approximate surface area is 175 Å². The highest BCUT2D eigenvalue weighted by atomic mass is 19.1. The number of benzene rings is 2. The van der Waals surface area contributed by atoms with Gasteiger partial charge < -0.3 is 10.1 Å². The molecule has 1 fully saturated rings. The zero-order valence-corrected chi connectivity index (χ0v) is 16.6. The molecule has 0 radical (unpaired) electrons. The van der Waals surface area contributed by atoms with E-state index in [2.05, 4.69) is 15.2 Å². The molecule has 1 amide bonds. The summed E-state index contributed by atoms with van der Waals surface area (Å²) in [5.74, 6) is 0.875. The highest BCUT2D eigenvalue weighted by Crippen LogP contribution is 2.25. The summed E-state index contributed by atoms with van der Waals surface area (Å²) >= 11 is 0. The Balaban J connectivity index is 1.29. The number of ether oxygens (including phenoxy) is 1. The first-order chi connectivity index (χ1) is 14.7. The molecule has 0 bridgehead atoms. The maximum atomic E-state index is 13.4. The van der Waals surface area contributed by atoms with Crippen LogP contribution in [0.25, 0.3) is 0 Å². The van der Waals surface area contributed by atoms with Crippen molar-refractivity contribution in [2.45, 2.75) is 19.5 Å². The molecule has 4 rings (SSSR count). The van der Waals surface area contributed by atoms with Crippen LogP contribution in [0.2, 0.25) is 0 Å².